The number of fused-ring (bicyclic) bond motifs is 1. The molecular weight excluding hydrogens is 420 g/mol. The van der Waals surface area contributed by atoms with Gasteiger partial charge in [0.2, 0.25) is 0 Å². The smallest absolute Gasteiger partial charge is 0.280 e. The van der Waals surface area contributed by atoms with Crippen LogP contribution in [0.4, 0.5) is 8.78 Å². The first-order valence-corrected chi connectivity index (χ1v) is 10.6. The van der Waals surface area contributed by atoms with Crippen molar-refractivity contribution < 1.29 is 23.0 Å². The second-order valence-corrected chi connectivity index (χ2v) is 7.70. The molecule has 1 fully saturated rings. The SMILES string of the molecule is CC[C@@H](Oc1cccc(OC)c1)C(=O)N1CCC[C@H](c2cc(C(F)F)n3ncnc3n2)C1. The Kier molecular flexibility index (Phi) is 6.48. The third-order valence-electron chi connectivity index (χ3n) is 5.64. The van der Waals surface area contributed by atoms with Crippen LogP contribution in [0.5, 0.6) is 11.5 Å². The summed E-state index contributed by atoms with van der Waals surface area (Å²) in [6, 6.07) is 8.49. The molecule has 1 saturated heterocycles. The molecule has 0 N–H and O–H groups in total. The number of alkyl halides is 2. The molecule has 0 radical (unpaired) electrons. The molecule has 32 heavy (non-hydrogen) atoms. The number of methoxy groups -OCH3 is 1. The average molecular weight is 445 g/mol. The van der Waals surface area contributed by atoms with E-state index >= 15 is 0 Å². The number of carbonyl (C=O) groups excluding carboxylic acids is 1. The standard InChI is InChI=1S/C22H25F2N5O3/c1-3-19(32-16-8-4-7-15(10-16)31-2)21(30)28-9-5-6-14(12-28)17-11-18(20(23)24)29-22(27-17)25-13-26-29/h4,7-8,10-11,13-14,19-20H,3,5-6,9,12H2,1-2H3/t14-,19+/m0/s1. The van der Waals surface area contributed by atoms with Crippen molar-refractivity contribution in [3.05, 3.63) is 48.0 Å². The largest absolute Gasteiger partial charge is 0.497 e. The predicted octanol–water partition coefficient (Wildman–Crippen LogP) is 3.63. The summed E-state index contributed by atoms with van der Waals surface area (Å²) in [5.41, 5.74) is 0.249. The minimum atomic E-state index is -2.71. The summed E-state index contributed by atoms with van der Waals surface area (Å²) in [4.78, 5) is 23.3. The van der Waals surface area contributed by atoms with Crippen LogP contribution in [0, 0.1) is 0 Å². The number of hydrogen-bond donors (Lipinski definition) is 0. The van der Waals surface area contributed by atoms with Gasteiger partial charge in [-0.1, -0.05) is 13.0 Å². The number of amides is 1. The minimum absolute atomic E-state index is 0.127. The van der Waals surface area contributed by atoms with Crippen molar-refractivity contribution in [1.29, 1.82) is 0 Å². The fraction of sp³-hybridized carbons (Fsp3) is 0.455. The number of ether oxygens (including phenoxy) is 2. The van der Waals surface area contributed by atoms with Crippen LogP contribution in [0.25, 0.3) is 5.78 Å². The third-order valence-corrected chi connectivity index (χ3v) is 5.64. The fourth-order valence-electron chi connectivity index (χ4n) is 3.99. The molecule has 2 aromatic heterocycles. The molecule has 8 nitrogen and oxygen atoms in total. The van der Waals surface area contributed by atoms with Gasteiger partial charge in [0.05, 0.1) is 12.8 Å². The highest BCUT2D eigenvalue weighted by Gasteiger charge is 2.31. The summed E-state index contributed by atoms with van der Waals surface area (Å²) in [6.45, 7) is 2.86. The zero-order valence-corrected chi connectivity index (χ0v) is 17.9. The topological polar surface area (TPSA) is 81.9 Å². The van der Waals surface area contributed by atoms with Gasteiger partial charge in [-0.25, -0.2) is 13.8 Å². The molecule has 0 spiro atoms. The van der Waals surface area contributed by atoms with Crippen LogP contribution < -0.4 is 9.47 Å². The van der Waals surface area contributed by atoms with Gasteiger partial charge in [0, 0.05) is 25.1 Å². The third kappa shape index (κ3) is 4.49. The highest BCUT2D eigenvalue weighted by atomic mass is 19.3. The van der Waals surface area contributed by atoms with Gasteiger partial charge in [0.15, 0.2) is 6.10 Å². The number of aromatic nitrogens is 4. The maximum absolute atomic E-state index is 13.5. The van der Waals surface area contributed by atoms with Gasteiger partial charge < -0.3 is 14.4 Å². The Balaban J connectivity index is 1.51. The summed E-state index contributed by atoms with van der Waals surface area (Å²) in [5.74, 6) is 1.04. The molecule has 170 valence electrons. The number of halogens is 2. The monoisotopic (exact) mass is 445 g/mol. The van der Waals surface area contributed by atoms with E-state index in [1.54, 1.807) is 36.3 Å². The average Bonchev–Trinajstić information content (AvgIpc) is 3.30. The molecule has 3 aromatic rings. The van der Waals surface area contributed by atoms with E-state index < -0.39 is 12.5 Å². The van der Waals surface area contributed by atoms with Crippen molar-refractivity contribution in [2.24, 2.45) is 0 Å². The van der Waals surface area contributed by atoms with E-state index in [9.17, 15) is 13.6 Å². The van der Waals surface area contributed by atoms with E-state index in [0.717, 1.165) is 17.4 Å². The van der Waals surface area contributed by atoms with Gasteiger partial charge in [-0.3, -0.25) is 4.79 Å². The van der Waals surface area contributed by atoms with Crippen molar-refractivity contribution in [3.8, 4) is 11.5 Å². The molecule has 1 aromatic carbocycles. The lowest BCUT2D eigenvalue weighted by molar-refractivity contribution is -0.140. The summed E-state index contributed by atoms with van der Waals surface area (Å²) >= 11 is 0. The number of carbonyl (C=O) groups is 1. The Labute approximate surface area is 184 Å². The molecule has 4 rings (SSSR count). The number of nitrogens with zero attached hydrogens (tertiary/aromatic N) is 5. The van der Waals surface area contributed by atoms with E-state index in [2.05, 4.69) is 15.1 Å². The van der Waals surface area contributed by atoms with Crippen molar-refractivity contribution in [2.75, 3.05) is 20.2 Å². The first-order valence-electron chi connectivity index (χ1n) is 10.6. The predicted molar refractivity (Wildman–Crippen MR) is 112 cm³/mol. The lowest BCUT2D eigenvalue weighted by atomic mass is 9.93. The summed E-state index contributed by atoms with van der Waals surface area (Å²) in [7, 11) is 1.57. The number of rotatable bonds is 7. The number of likely N-dealkylation sites (tertiary alicyclic amines) is 1. The van der Waals surface area contributed by atoms with E-state index in [4.69, 9.17) is 9.47 Å². The number of piperidine rings is 1. The molecule has 1 aliphatic rings. The molecule has 2 atom stereocenters. The number of benzene rings is 1. The Bertz CT molecular complexity index is 1090. The van der Waals surface area contributed by atoms with Crippen molar-refractivity contribution in [3.63, 3.8) is 0 Å². The quantitative estimate of drug-likeness (QED) is 0.552. The zero-order valence-electron chi connectivity index (χ0n) is 17.9. The molecule has 3 heterocycles. The van der Waals surface area contributed by atoms with E-state index in [1.165, 1.54) is 12.4 Å². The first-order chi connectivity index (χ1) is 15.5. The van der Waals surface area contributed by atoms with Crippen LogP contribution in [0.1, 0.15) is 49.9 Å². The molecule has 0 aliphatic carbocycles. The van der Waals surface area contributed by atoms with Crippen LogP contribution in [0.15, 0.2) is 36.7 Å². The normalized spacial score (nSPS) is 17.5. The van der Waals surface area contributed by atoms with Crippen LogP contribution in [0.2, 0.25) is 0 Å². The van der Waals surface area contributed by atoms with Crippen LogP contribution in [-0.2, 0) is 4.79 Å². The van der Waals surface area contributed by atoms with Gasteiger partial charge in [-0.2, -0.15) is 14.6 Å². The van der Waals surface area contributed by atoms with Gasteiger partial charge in [-0.05, 0) is 37.5 Å². The lowest BCUT2D eigenvalue weighted by Gasteiger charge is -2.34. The van der Waals surface area contributed by atoms with Gasteiger partial charge >= 0.3 is 0 Å². The fourth-order valence-corrected chi connectivity index (χ4v) is 3.99. The first kappa shape index (κ1) is 21.9. The van der Waals surface area contributed by atoms with Crippen LogP contribution in [-0.4, -0.2) is 56.7 Å². The lowest BCUT2D eigenvalue weighted by Crippen LogP contribution is -2.46. The van der Waals surface area contributed by atoms with Crippen molar-refractivity contribution >= 4 is 11.7 Å². The molecule has 1 aliphatic heterocycles. The second kappa shape index (κ2) is 9.46. The maximum atomic E-state index is 13.5. The van der Waals surface area contributed by atoms with Crippen molar-refractivity contribution in [2.45, 2.75) is 44.6 Å². The zero-order chi connectivity index (χ0) is 22.7. The Hall–Kier alpha value is -3.30. The van der Waals surface area contributed by atoms with Crippen molar-refractivity contribution in [1.82, 2.24) is 24.5 Å². The van der Waals surface area contributed by atoms with Gasteiger partial charge in [0.25, 0.3) is 18.1 Å². The highest BCUT2D eigenvalue weighted by molar-refractivity contribution is 5.81. The maximum Gasteiger partial charge on any atom is 0.280 e. The minimum Gasteiger partial charge on any atom is -0.497 e. The summed E-state index contributed by atoms with van der Waals surface area (Å²) < 4.78 is 39.3. The van der Waals surface area contributed by atoms with Crippen LogP contribution >= 0.6 is 0 Å². The van der Waals surface area contributed by atoms with E-state index in [1.807, 2.05) is 6.92 Å². The highest BCUT2D eigenvalue weighted by Crippen LogP contribution is 2.30. The summed E-state index contributed by atoms with van der Waals surface area (Å²) in [5, 5.41) is 3.83. The molecule has 0 saturated carbocycles. The molecule has 0 bridgehead atoms. The van der Waals surface area contributed by atoms with Gasteiger partial charge in [-0.15, -0.1) is 0 Å². The van der Waals surface area contributed by atoms with Gasteiger partial charge in [0.1, 0.15) is 23.5 Å². The summed E-state index contributed by atoms with van der Waals surface area (Å²) in [6.07, 6.45) is -0.160. The number of hydrogen-bond acceptors (Lipinski definition) is 6. The van der Waals surface area contributed by atoms with E-state index in [-0.39, 0.29) is 23.3 Å². The van der Waals surface area contributed by atoms with E-state index in [0.29, 0.717) is 36.7 Å². The molecule has 1 amide bonds. The molecular formula is C22H25F2N5O3. The Morgan fingerprint density at radius 1 is 1.28 bits per heavy atom. The second-order valence-electron chi connectivity index (χ2n) is 7.70. The molecule has 10 heteroatoms. The van der Waals surface area contributed by atoms with Crippen LogP contribution in [0.3, 0.4) is 0 Å². The molecule has 0 unspecified atom stereocenters. The Morgan fingerprint density at radius 2 is 2.09 bits per heavy atom. The Morgan fingerprint density at radius 3 is 2.84 bits per heavy atom.